The Morgan fingerprint density at radius 1 is 0.667 bits per heavy atom. The summed E-state index contributed by atoms with van der Waals surface area (Å²) in [6.07, 6.45) is 0. The number of hydrogen-bond donors (Lipinski definition) is 1. The van der Waals surface area contributed by atoms with Crippen LogP contribution in [0.15, 0.2) is 91.0 Å². The molecule has 0 amide bonds. The van der Waals surface area contributed by atoms with E-state index in [1.165, 1.54) is 22.3 Å². The third-order valence-electron chi connectivity index (χ3n) is 6.36. The fourth-order valence-electron chi connectivity index (χ4n) is 4.73. The zero-order valence-corrected chi connectivity index (χ0v) is 21.4. The molecule has 184 valence electrons. The minimum absolute atomic E-state index is 0. The standard InChI is InChI=1S/C31H32N4.H2O/c1-21(2)28-26(24-16-10-6-11-17-24)27-30(33-28)29(25-18-12-7-13-19-25)34-35(31(27)22(3)4)32-20-23-14-8-5-9-15-23;/h5-19,21-22,32H,20H2,1-4H3;1H2. The number of rotatable bonds is 7. The molecule has 0 saturated heterocycles. The van der Waals surface area contributed by atoms with Gasteiger partial charge in [-0.25, -0.2) is 4.98 Å². The lowest BCUT2D eigenvalue weighted by molar-refractivity contribution is 0.633. The fraction of sp³-hybridized carbons (Fsp3) is 0.226. The zero-order valence-electron chi connectivity index (χ0n) is 21.4. The lowest BCUT2D eigenvalue weighted by Gasteiger charge is -2.23. The first-order valence-corrected chi connectivity index (χ1v) is 12.4. The Balaban J connectivity index is 0.00000304. The Kier molecular flexibility index (Phi) is 7.51. The highest BCUT2D eigenvalue weighted by Gasteiger charge is 2.31. The van der Waals surface area contributed by atoms with Crippen molar-refractivity contribution in [2.45, 2.75) is 46.1 Å². The Morgan fingerprint density at radius 2 is 1.22 bits per heavy atom. The van der Waals surface area contributed by atoms with E-state index in [0.29, 0.717) is 6.54 Å². The highest BCUT2D eigenvalue weighted by atomic mass is 16.0. The maximum absolute atomic E-state index is 5.26. The van der Waals surface area contributed by atoms with Crippen LogP contribution in [0.3, 0.4) is 0 Å². The predicted molar refractivity (Wildman–Crippen MR) is 149 cm³/mol. The van der Waals surface area contributed by atoms with E-state index in [1.807, 2.05) is 16.9 Å². The number of hydrogen-bond acceptors (Lipinski definition) is 3. The van der Waals surface area contributed by atoms with E-state index in [2.05, 4.69) is 112 Å². The van der Waals surface area contributed by atoms with E-state index >= 15 is 0 Å². The van der Waals surface area contributed by atoms with Gasteiger partial charge in [-0.05, 0) is 23.0 Å². The second-order valence-corrected chi connectivity index (χ2v) is 9.60. The molecule has 0 bridgehead atoms. The van der Waals surface area contributed by atoms with E-state index in [0.717, 1.165) is 28.3 Å². The molecular weight excluding hydrogens is 444 g/mol. The smallest absolute Gasteiger partial charge is 0.119 e. The summed E-state index contributed by atoms with van der Waals surface area (Å²) in [7, 11) is 0. The molecule has 2 aliphatic heterocycles. The van der Waals surface area contributed by atoms with Gasteiger partial charge < -0.3 is 10.9 Å². The van der Waals surface area contributed by atoms with E-state index in [-0.39, 0.29) is 17.3 Å². The maximum Gasteiger partial charge on any atom is 0.119 e. The van der Waals surface area contributed by atoms with Crippen molar-refractivity contribution in [3.8, 4) is 33.6 Å². The third kappa shape index (κ3) is 4.75. The second kappa shape index (κ2) is 10.8. The summed E-state index contributed by atoms with van der Waals surface area (Å²) >= 11 is 0. The number of fused-ring (bicyclic) bond motifs is 1. The van der Waals surface area contributed by atoms with Crippen LogP contribution in [0.4, 0.5) is 0 Å². The van der Waals surface area contributed by atoms with Crippen molar-refractivity contribution in [3.05, 3.63) is 108 Å². The minimum atomic E-state index is 0. The molecule has 2 heterocycles. The summed E-state index contributed by atoms with van der Waals surface area (Å²) in [6.45, 7) is 9.59. The van der Waals surface area contributed by atoms with Gasteiger partial charge in [0, 0.05) is 16.7 Å². The van der Waals surface area contributed by atoms with Gasteiger partial charge in [-0.2, -0.15) is 9.89 Å². The summed E-state index contributed by atoms with van der Waals surface area (Å²) in [6, 6.07) is 31.5. The highest BCUT2D eigenvalue weighted by molar-refractivity contribution is 5.93. The molecular formula is C31H34N4O. The zero-order chi connectivity index (χ0) is 24.4. The number of nitrogens with zero attached hydrogens (tertiary/aromatic N) is 3. The molecule has 5 heteroatoms. The second-order valence-electron chi connectivity index (χ2n) is 9.60. The summed E-state index contributed by atoms with van der Waals surface area (Å²) < 4.78 is 0. The van der Waals surface area contributed by atoms with Crippen LogP contribution in [0.1, 0.15) is 56.5 Å². The van der Waals surface area contributed by atoms with Crippen molar-refractivity contribution in [2.24, 2.45) is 0 Å². The van der Waals surface area contributed by atoms with Gasteiger partial charge in [-0.15, -0.1) is 0 Å². The van der Waals surface area contributed by atoms with Gasteiger partial charge in [0.25, 0.3) is 0 Å². The minimum Gasteiger partial charge on any atom is -0.412 e. The summed E-state index contributed by atoms with van der Waals surface area (Å²) in [5.41, 5.74) is 13.6. The van der Waals surface area contributed by atoms with Crippen LogP contribution in [-0.4, -0.2) is 20.3 Å². The van der Waals surface area contributed by atoms with Crippen LogP contribution in [0.25, 0.3) is 33.6 Å². The average molecular weight is 479 g/mol. The molecule has 0 aromatic heterocycles. The normalized spacial score (nSPS) is 11.2. The average Bonchev–Trinajstić information content (AvgIpc) is 3.29. The van der Waals surface area contributed by atoms with Crippen molar-refractivity contribution >= 4 is 0 Å². The van der Waals surface area contributed by atoms with Gasteiger partial charge in [0.2, 0.25) is 0 Å². The lowest BCUT2D eigenvalue weighted by atomic mass is 9.90. The molecule has 0 aliphatic carbocycles. The molecule has 3 N–H and O–H groups in total. The van der Waals surface area contributed by atoms with Crippen molar-refractivity contribution in [1.29, 1.82) is 0 Å². The molecule has 5 nitrogen and oxygen atoms in total. The molecule has 0 saturated carbocycles. The summed E-state index contributed by atoms with van der Waals surface area (Å²) in [5.74, 6) is 0.525. The van der Waals surface area contributed by atoms with Crippen molar-refractivity contribution in [1.82, 2.24) is 14.9 Å². The van der Waals surface area contributed by atoms with E-state index in [4.69, 9.17) is 10.1 Å². The van der Waals surface area contributed by atoms with Crippen LogP contribution in [0.2, 0.25) is 0 Å². The van der Waals surface area contributed by atoms with Crippen LogP contribution in [-0.2, 0) is 6.54 Å². The number of aromatic nitrogens is 3. The largest absolute Gasteiger partial charge is 0.412 e. The van der Waals surface area contributed by atoms with Gasteiger partial charge in [-0.3, -0.25) is 0 Å². The van der Waals surface area contributed by atoms with Crippen molar-refractivity contribution < 1.29 is 5.48 Å². The van der Waals surface area contributed by atoms with Gasteiger partial charge in [0.15, 0.2) is 0 Å². The molecule has 0 spiro atoms. The molecule has 0 unspecified atom stereocenters. The summed E-state index contributed by atoms with van der Waals surface area (Å²) in [4.78, 5) is 7.26. The Morgan fingerprint density at radius 3 is 1.78 bits per heavy atom. The Hall–Kier alpha value is -3.96. The molecule has 3 aromatic carbocycles. The van der Waals surface area contributed by atoms with Crippen LogP contribution < -0.4 is 5.43 Å². The monoisotopic (exact) mass is 478 g/mol. The molecule has 2 aliphatic rings. The first-order chi connectivity index (χ1) is 17.0. The topological polar surface area (TPSA) is 74.2 Å². The SMILES string of the molecule is CC(C)c1nc2c(-c3ccccc3)nn(NCc3ccccc3)c(C(C)C)c-2c1-c1ccccc1.O. The molecule has 0 atom stereocenters. The quantitative estimate of drug-likeness (QED) is 0.277. The van der Waals surface area contributed by atoms with Gasteiger partial charge in [-0.1, -0.05) is 119 Å². The fourth-order valence-corrected chi connectivity index (χ4v) is 4.73. The highest BCUT2D eigenvalue weighted by Crippen LogP contribution is 2.46. The van der Waals surface area contributed by atoms with Crippen molar-refractivity contribution in [2.75, 3.05) is 5.43 Å². The van der Waals surface area contributed by atoms with E-state index in [9.17, 15) is 0 Å². The summed E-state index contributed by atoms with van der Waals surface area (Å²) in [5, 5.41) is 5.16. The van der Waals surface area contributed by atoms with Crippen LogP contribution >= 0.6 is 0 Å². The molecule has 0 radical (unpaired) electrons. The number of nitrogens with one attached hydrogen (secondary N) is 1. The molecule has 0 fully saturated rings. The lowest BCUT2D eigenvalue weighted by Crippen LogP contribution is -2.24. The van der Waals surface area contributed by atoms with E-state index < -0.39 is 0 Å². The molecule has 5 rings (SSSR count). The van der Waals surface area contributed by atoms with Gasteiger partial charge in [0.05, 0.1) is 17.9 Å². The Labute approximate surface area is 213 Å². The first-order valence-electron chi connectivity index (χ1n) is 12.4. The van der Waals surface area contributed by atoms with Crippen molar-refractivity contribution in [3.63, 3.8) is 0 Å². The first kappa shape index (κ1) is 25.1. The van der Waals surface area contributed by atoms with Gasteiger partial charge >= 0.3 is 0 Å². The molecule has 3 aromatic rings. The third-order valence-corrected chi connectivity index (χ3v) is 6.36. The van der Waals surface area contributed by atoms with E-state index in [1.54, 1.807) is 0 Å². The van der Waals surface area contributed by atoms with Gasteiger partial charge in [0.1, 0.15) is 11.4 Å². The number of benzene rings is 3. The van der Waals surface area contributed by atoms with Crippen LogP contribution in [0.5, 0.6) is 0 Å². The molecule has 36 heavy (non-hydrogen) atoms. The maximum atomic E-state index is 5.26. The predicted octanol–water partition coefficient (Wildman–Crippen LogP) is 6.88. The van der Waals surface area contributed by atoms with Crippen LogP contribution in [0, 0.1) is 0 Å². The Bertz CT molecular complexity index is 1380.